The van der Waals surface area contributed by atoms with Gasteiger partial charge < -0.3 is 4.42 Å². The van der Waals surface area contributed by atoms with E-state index in [2.05, 4.69) is 25.8 Å². The molecule has 0 aliphatic rings. The maximum atomic E-state index is 13.3. The van der Waals surface area contributed by atoms with Crippen molar-refractivity contribution in [1.29, 1.82) is 0 Å². The number of rotatable bonds is 1. The van der Waals surface area contributed by atoms with E-state index in [1.807, 2.05) is 18.2 Å². The second-order valence-corrected chi connectivity index (χ2v) is 5.96. The average Bonchev–Trinajstić information content (AvgIpc) is 2.80. The van der Waals surface area contributed by atoms with Gasteiger partial charge >= 0.3 is 0 Å². The highest BCUT2D eigenvalue weighted by Gasteiger charge is 2.16. The molecule has 0 N–H and O–H groups in total. The molecule has 0 saturated carbocycles. The van der Waals surface area contributed by atoms with Gasteiger partial charge in [-0.3, -0.25) is 0 Å². The molecule has 3 aromatic rings. The molecule has 102 valence electrons. The van der Waals surface area contributed by atoms with E-state index in [-0.39, 0.29) is 11.2 Å². The Balaban J connectivity index is 2.11. The van der Waals surface area contributed by atoms with Crippen LogP contribution in [0.25, 0.3) is 22.6 Å². The van der Waals surface area contributed by atoms with Crippen LogP contribution in [0.3, 0.4) is 0 Å². The predicted octanol–water partition coefficient (Wildman–Crippen LogP) is 4.93. The van der Waals surface area contributed by atoms with Crippen molar-refractivity contribution in [1.82, 2.24) is 4.98 Å². The molecule has 0 fully saturated rings. The van der Waals surface area contributed by atoms with E-state index >= 15 is 0 Å². The SMILES string of the molecule is CC(C)(C)c1ccc2oc(-c3cccc(F)c3)nc2c1. The normalized spacial score (nSPS) is 12.0. The van der Waals surface area contributed by atoms with E-state index in [4.69, 9.17) is 4.42 Å². The molecule has 0 bridgehead atoms. The molecule has 0 aliphatic carbocycles. The van der Waals surface area contributed by atoms with Crippen molar-refractivity contribution in [3.8, 4) is 11.5 Å². The fourth-order valence-electron chi connectivity index (χ4n) is 2.14. The highest BCUT2D eigenvalue weighted by molar-refractivity contribution is 5.77. The maximum absolute atomic E-state index is 13.3. The lowest BCUT2D eigenvalue weighted by molar-refractivity contribution is 0.589. The van der Waals surface area contributed by atoms with Crippen LogP contribution in [0, 0.1) is 5.82 Å². The Kier molecular flexibility index (Phi) is 2.85. The molecule has 0 aliphatic heterocycles. The van der Waals surface area contributed by atoms with Gasteiger partial charge in [-0.15, -0.1) is 0 Å². The first-order chi connectivity index (χ1) is 9.43. The summed E-state index contributed by atoms with van der Waals surface area (Å²) < 4.78 is 19.0. The number of hydrogen-bond donors (Lipinski definition) is 0. The molecule has 0 unspecified atom stereocenters. The van der Waals surface area contributed by atoms with Gasteiger partial charge in [0.05, 0.1) is 0 Å². The Morgan fingerprint density at radius 3 is 2.55 bits per heavy atom. The maximum Gasteiger partial charge on any atom is 0.227 e. The Labute approximate surface area is 117 Å². The Morgan fingerprint density at radius 1 is 1.05 bits per heavy atom. The van der Waals surface area contributed by atoms with Crippen molar-refractivity contribution < 1.29 is 8.81 Å². The van der Waals surface area contributed by atoms with E-state index in [0.717, 1.165) is 11.1 Å². The third-order valence-electron chi connectivity index (χ3n) is 3.33. The van der Waals surface area contributed by atoms with Crippen LogP contribution in [-0.2, 0) is 5.41 Å². The van der Waals surface area contributed by atoms with Crippen LogP contribution in [0.1, 0.15) is 26.3 Å². The summed E-state index contributed by atoms with van der Waals surface area (Å²) in [5.74, 6) is 0.158. The van der Waals surface area contributed by atoms with Crippen molar-refractivity contribution in [2.24, 2.45) is 0 Å². The number of halogens is 1. The van der Waals surface area contributed by atoms with Gasteiger partial charge in [-0.25, -0.2) is 9.37 Å². The van der Waals surface area contributed by atoms with Crippen LogP contribution in [0.5, 0.6) is 0 Å². The van der Waals surface area contributed by atoms with Gasteiger partial charge in [-0.1, -0.05) is 32.9 Å². The van der Waals surface area contributed by atoms with Crippen molar-refractivity contribution >= 4 is 11.1 Å². The molecule has 0 atom stereocenters. The van der Waals surface area contributed by atoms with Gasteiger partial charge in [0, 0.05) is 5.56 Å². The summed E-state index contributed by atoms with van der Waals surface area (Å²) >= 11 is 0. The van der Waals surface area contributed by atoms with Gasteiger partial charge in [0.25, 0.3) is 0 Å². The largest absolute Gasteiger partial charge is 0.436 e. The minimum atomic E-state index is -0.292. The zero-order valence-electron chi connectivity index (χ0n) is 11.8. The van der Waals surface area contributed by atoms with E-state index < -0.39 is 0 Å². The summed E-state index contributed by atoms with van der Waals surface area (Å²) in [4.78, 5) is 4.46. The molecule has 0 radical (unpaired) electrons. The molecule has 1 aromatic heterocycles. The van der Waals surface area contributed by atoms with Gasteiger partial charge in [0.2, 0.25) is 5.89 Å². The molecule has 0 saturated heterocycles. The van der Waals surface area contributed by atoms with Crippen molar-refractivity contribution in [3.05, 3.63) is 53.8 Å². The van der Waals surface area contributed by atoms with Crippen LogP contribution in [0.15, 0.2) is 46.9 Å². The first kappa shape index (κ1) is 12.9. The molecular weight excluding hydrogens is 253 g/mol. The fourth-order valence-corrected chi connectivity index (χ4v) is 2.14. The number of aromatic nitrogens is 1. The zero-order chi connectivity index (χ0) is 14.3. The summed E-state index contributed by atoms with van der Waals surface area (Å²) in [5.41, 5.74) is 3.43. The van der Waals surface area contributed by atoms with E-state index in [0.29, 0.717) is 11.5 Å². The second kappa shape index (κ2) is 4.44. The topological polar surface area (TPSA) is 26.0 Å². The zero-order valence-corrected chi connectivity index (χ0v) is 11.8. The minimum Gasteiger partial charge on any atom is -0.436 e. The van der Waals surface area contributed by atoms with Crippen LogP contribution in [-0.4, -0.2) is 4.98 Å². The first-order valence-corrected chi connectivity index (χ1v) is 6.60. The summed E-state index contributed by atoms with van der Waals surface area (Å²) in [6.45, 7) is 6.46. The van der Waals surface area contributed by atoms with Crippen LogP contribution in [0.2, 0.25) is 0 Å². The number of hydrogen-bond acceptors (Lipinski definition) is 2. The van der Waals surface area contributed by atoms with Crippen LogP contribution in [0.4, 0.5) is 4.39 Å². The number of nitrogens with zero attached hydrogens (tertiary/aromatic N) is 1. The lowest BCUT2D eigenvalue weighted by atomic mass is 9.87. The number of fused-ring (bicyclic) bond motifs is 1. The Bertz CT molecular complexity index is 768. The smallest absolute Gasteiger partial charge is 0.227 e. The lowest BCUT2D eigenvalue weighted by Crippen LogP contribution is -2.10. The van der Waals surface area contributed by atoms with E-state index in [9.17, 15) is 4.39 Å². The highest BCUT2D eigenvalue weighted by atomic mass is 19.1. The average molecular weight is 269 g/mol. The molecule has 3 rings (SSSR count). The van der Waals surface area contributed by atoms with Crippen LogP contribution >= 0.6 is 0 Å². The summed E-state index contributed by atoms with van der Waals surface area (Å²) in [6, 6.07) is 12.3. The molecular formula is C17H16FNO. The fraction of sp³-hybridized carbons (Fsp3) is 0.235. The molecule has 2 aromatic carbocycles. The monoisotopic (exact) mass is 269 g/mol. The molecule has 3 heteroatoms. The lowest BCUT2D eigenvalue weighted by Gasteiger charge is -2.18. The van der Waals surface area contributed by atoms with Crippen molar-refractivity contribution in [3.63, 3.8) is 0 Å². The first-order valence-electron chi connectivity index (χ1n) is 6.60. The predicted molar refractivity (Wildman–Crippen MR) is 78.1 cm³/mol. The van der Waals surface area contributed by atoms with Crippen molar-refractivity contribution in [2.45, 2.75) is 26.2 Å². The van der Waals surface area contributed by atoms with Gasteiger partial charge in [-0.05, 0) is 41.3 Å². The molecule has 20 heavy (non-hydrogen) atoms. The highest BCUT2D eigenvalue weighted by Crippen LogP contribution is 2.29. The Morgan fingerprint density at radius 2 is 1.85 bits per heavy atom. The standard InChI is InChI=1S/C17H16FNO/c1-17(2,3)12-7-8-15-14(10-12)19-16(20-15)11-5-4-6-13(18)9-11/h4-10H,1-3H3. The van der Waals surface area contributed by atoms with Crippen LogP contribution < -0.4 is 0 Å². The minimum absolute atomic E-state index is 0.0617. The summed E-state index contributed by atoms with van der Waals surface area (Å²) in [6.07, 6.45) is 0. The number of benzene rings is 2. The second-order valence-electron chi connectivity index (χ2n) is 5.96. The summed E-state index contributed by atoms with van der Waals surface area (Å²) in [5, 5.41) is 0. The molecule has 1 heterocycles. The van der Waals surface area contributed by atoms with Gasteiger partial charge in [-0.2, -0.15) is 0 Å². The van der Waals surface area contributed by atoms with E-state index in [1.54, 1.807) is 12.1 Å². The molecule has 0 amide bonds. The quantitative estimate of drug-likeness (QED) is 0.626. The van der Waals surface area contributed by atoms with E-state index in [1.165, 1.54) is 17.7 Å². The molecule has 2 nitrogen and oxygen atoms in total. The summed E-state index contributed by atoms with van der Waals surface area (Å²) in [7, 11) is 0. The third-order valence-corrected chi connectivity index (χ3v) is 3.33. The third kappa shape index (κ3) is 2.31. The Hall–Kier alpha value is -2.16. The van der Waals surface area contributed by atoms with Gasteiger partial charge in [0.1, 0.15) is 11.3 Å². The number of oxazole rings is 1. The van der Waals surface area contributed by atoms with Gasteiger partial charge in [0.15, 0.2) is 5.58 Å². The van der Waals surface area contributed by atoms with Crippen molar-refractivity contribution in [2.75, 3.05) is 0 Å². The molecule has 0 spiro atoms.